The van der Waals surface area contributed by atoms with Gasteiger partial charge in [0.15, 0.2) is 0 Å². The molecule has 0 fully saturated rings. The Morgan fingerprint density at radius 1 is 1.50 bits per heavy atom. The summed E-state index contributed by atoms with van der Waals surface area (Å²) < 4.78 is 0. The Hall–Kier alpha value is -0.520. The van der Waals surface area contributed by atoms with Gasteiger partial charge in [0.05, 0.1) is 0 Å². The molecule has 0 spiro atoms. The first kappa shape index (κ1) is 7.59. The molecule has 0 aliphatic heterocycles. The van der Waals surface area contributed by atoms with E-state index in [0.717, 1.165) is 11.8 Å². The number of hydrogen-bond acceptors (Lipinski definition) is 0. The van der Waals surface area contributed by atoms with Crippen LogP contribution >= 0.6 is 0 Å². The van der Waals surface area contributed by atoms with Gasteiger partial charge in [-0.25, -0.2) is 0 Å². The highest BCUT2D eigenvalue weighted by molar-refractivity contribution is 4.95. The normalized spacial score (nSPS) is 33.3. The summed E-state index contributed by atoms with van der Waals surface area (Å²) >= 11 is 0. The Morgan fingerprint density at radius 3 is 3.00 bits per heavy atom. The van der Waals surface area contributed by atoms with E-state index in [2.05, 4.69) is 31.7 Å². The maximum Gasteiger partial charge on any atom is -0.0201 e. The molecule has 0 nitrogen and oxygen atoms in total. The van der Waals surface area contributed by atoms with Crippen molar-refractivity contribution in [1.29, 1.82) is 0 Å². The molecule has 0 saturated carbocycles. The van der Waals surface area contributed by atoms with E-state index in [1.807, 2.05) is 0 Å². The lowest BCUT2D eigenvalue weighted by molar-refractivity contribution is 0.532. The fraction of sp³-hybridized carbons (Fsp3) is 0.600. The molecule has 0 radical (unpaired) electrons. The third kappa shape index (κ3) is 2.02. The van der Waals surface area contributed by atoms with Crippen molar-refractivity contribution in [2.24, 2.45) is 11.8 Å². The summed E-state index contributed by atoms with van der Waals surface area (Å²) in [6, 6.07) is 0. The molecule has 2 atom stereocenters. The first-order chi connectivity index (χ1) is 4.83. The van der Waals surface area contributed by atoms with Crippen molar-refractivity contribution in [2.45, 2.75) is 26.2 Å². The smallest absolute Gasteiger partial charge is 0.0201 e. The molecule has 0 amide bonds. The first-order valence-corrected chi connectivity index (χ1v) is 4.12. The van der Waals surface area contributed by atoms with E-state index < -0.39 is 0 Å². The maximum absolute atomic E-state index is 3.82. The van der Waals surface area contributed by atoms with Gasteiger partial charge in [0, 0.05) is 0 Å². The Kier molecular flexibility index (Phi) is 2.73. The lowest BCUT2D eigenvalue weighted by Crippen LogP contribution is -1.94. The molecule has 0 heterocycles. The molecule has 1 aliphatic rings. The van der Waals surface area contributed by atoms with Crippen molar-refractivity contribution in [1.82, 2.24) is 0 Å². The zero-order valence-electron chi connectivity index (χ0n) is 6.72. The Labute approximate surface area is 63.6 Å². The third-order valence-electron chi connectivity index (χ3n) is 2.23. The van der Waals surface area contributed by atoms with Crippen LogP contribution in [0.2, 0.25) is 0 Å². The number of hydrogen-bond donors (Lipinski definition) is 0. The zero-order chi connectivity index (χ0) is 7.40. The number of allylic oxidation sites excluding steroid dienone is 3. The first-order valence-electron chi connectivity index (χ1n) is 4.12. The Balaban J connectivity index is 2.44. The molecule has 10 heavy (non-hydrogen) atoms. The molecule has 1 rings (SSSR count). The molecule has 0 saturated heterocycles. The summed E-state index contributed by atoms with van der Waals surface area (Å²) in [6.45, 7) is 6.10. The van der Waals surface area contributed by atoms with Crippen LogP contribution in [0.25, 0.3) is 0 Å². The molecule has 0 aromatic heterocycles. The quantitative estimate of drug-likeness (QED) is 0.486. The second-order valence-electron chi connectivity index (χ2n) is 3.21. The van der Waals surface area contributed by atoms with Crippen LogP contribution in [0.5, 0.6) is 0 Å². The summed E-state index contributed by atoms with van der Waals surface area (Å²) in [6.07, 6.45) is 10.6. The third-order valence-corrected chi connectivity index (χ3v) is 2.23. The van der Waals surface area contributed by atoms with E-state index in [0.29, 0.717) is 0 Å². The second kappa shape index (κ2) is 3.60. The number of rotatable bonds is 1. The molecule has 56 valence electrons. The average molecular weight is 136 g/mol. The topological polar surface area (TPSA) is 0 Å². The molecular formula is C10H16. The molecule has 1 aliphatic carbocycles. The summed E-state index contributed by atoms with van der Waals surface area (Å²) in [5, 5.41) is 0. The van der Waals surface area contributed by atoms with Gasteiger partial charge in [-0.3, -0.25) is 0 Å². The van der Waals surface area contributed by atoms with Crippen molar-refractivity contribution in [3.63, 3.8) is 0 Å². The predicted octanol–water partition coefficient (Wildman–Crippen LogP) is 3.16. The van der Waals surface area contributed by atoms with Gasteiger partial charge in [-0.1, -0.05) is 25.2 Å². The highest BCUT2D eigenvalue weighted by Gasteiger charge is 2.07. The van der Waals surface area contributed by atoms with Crippen molar-refractivity contribution < 1.29 is 0 Å². The van der Waals surface area contributed by atoms with E-state index in [1.54, 1.807) is 0 Å². The van der Waals surface area contributed by atoms with Crippen LogP contribution in [0.1, 0.15) is 26.2 Å². The molecule has 0 heteroatoms. The van der Waals surface area contributed by atoms with Crippen molar-refractivity contribution in [3.8, 4) is 0 Å². The maximum atomic E-state index is 3.82. The van der Waals surface area contributed by atoms with E-state index in [9.17, 15) is 0 Å². The lowest BCUT2D eigenvalue weighted by Gasteiger charge is -2.06. The fourth-order valence-electron chi connectivity index (χ4n) is 1.39. The van der Waals surface area contributed by atoms with E-state index in [1.165, 1.54) is 19.3 Å². The van der Waals surface area contributed by atoms with Crippen molar-refractivity contribution in [3.05, 3.63) is 24.8 Å². The summed E-state index contributed by atoms with van der Waals surface area (Å²) in [5.41, 5.74) is 0. The van der Waals surface area contributed by atoms with Crippen LogP contribution in [-0.2, 0) is 0 Å². The molecule has 0 aromatic carbocycles. The van der Waals surface area contributed by atoms with Gasteiger partial charge in [0.25, 0.3) is 0 Å². The highest BCUT2D eigenvalue weighted by atomic mass is 14.1. The summed E-state index contributed by atoms with van der Waals surface area (Å²) in [5.74, 6) is 1.52. The minimum absolute atomic E-state index is 0.737. The summed E-state index contributed by atoms with van der Waals surface area (Å²) in [7, 11) is 0. The van der Waals surface area contributed by atoms with Gasteiger partial charge in [-0.2, -0.15) is 0 Å². The summed E-state index contributed by atoms with van der Waals surface area (Å²) in [4.78, 5) is 0. The molecule has 2 unspecified atom stereocenters. The largest absolute Gasteiger partial charge is 0.103 e. The van der Waals surface area contributed by atoms with Gasteiger partial charge in [-0.15, -0.1) is 6.58 Å². The van der Waals surface area contributed by atoms with Crippen LogP contribution in [0.3, 0.4) is 0 Å². The van der Waals surface area contributed by atoms with Crippen LogP contribution < -0.4 is 0 Å². The predicted molar refractivity (Wildman–Crippen MR) is 45.8 cm³/mol. The Morgan fingerprint density at radius 2 is 2.30 bits per heavy atom. The van der Waals surface area contributed by atoms with E-state index in [4.69, 9.17) is 0 Å². The second-order valence-corrected chi connectivity index (χ2v) is 3.21. The zero-order valence-corrected chi connectivity index (χ0v) is 6.72. The van der Waals surface area contributed by atoms with E-state index >= 15 is 0 Å². The average Bonchev–Trinajstić information content (AvgIpc) is 2.14. The monoisotopic (exact) mass is 136 g/mol. The van der Waals surface area contributed by atoms with Crippen LogP contribution in [0.15, 0.2) is 24.8 Å². The highest BCUT2D eigenvalue weighted by Crippen LogP contribution is 2.21. The SMILES string of the molecule is C=CC1CC=CC(C)CC1. The van der Waals surface area contributed by atoms with Crippen LogP contribution in [0.4, 0.5) is 0 Å². The molecule has 0 bridgehead atoms. The van der Waals surface area contributed by atoms with E-state index in [-0.39, 0.29) is 0 Å². The van der Waals surface area contributed by atoms with Gasteiger partial charge >= 0.3 is 0 Å². The standard InChI is InChI=1S/C10H16/c1-3-10-6-4-5-9(2)7-8-10/h3-5,9-10H,1,6-8H2,2H3. The fourth-order valence-corrected chi connectivity index (χ4v) is 1.39. The van der Waals surface area contributed by atoms with Crippen molar-refractivity contribution in [2.75, 3.05) is 0 Å². The van der Waals surface area contributed by atoms with Gasteiger partial charge < -0.3 is 0 Å². The lowest BCUT2D eigenvalue weighted by atomic mass is 9.99. The van der Waals surface area contributed by atoms with Crippen LogP contribution in [0, 0.1) is 11.8 Å². The minimum atomic E-state index is 0.737. The molecule has 0 aromatic rings. The van der Waals surface area contributed by atoms with Gasteiger partial charge in [0.1, 0.15) is 0 Å². The van der Waals surface area contributed by atoms with Gasteiger partial charge in [0.2, 0.25) is 0 Å². The van der Waals surface area contributed by atoms with Gasteiger partial charge in [-0.05, 0) is 31.1 Å². The van der Waals surface area contributed by atoms with Crippen LogP contribution in [-0.4, -0.2) is 0 Å². The minimum Gasteiger partial charge on any atom is -0.103 e. The van der Waals surface area contributed by atoms with Crippen molar-refractivity contribution >= 4 is 0 Å². The Bertz CT molecular complexity index is 133. The molecular weight excluding hydrogens is 120 g/mol. The molecule has 0 N–H and O–H groups in total.